The molecule has 2 nitrogen and oxygen atoms in total. The second-order valence-corrected chi connectivity index (χ2v) is 5.81. The smallest absolute Gasteiger partial charge is 0.0803 e. The van der Waals surface area contributed by atoms with E-state index in [1.54, 1.807) is 18.2 Å². The van der Waals surface area contributed by atoms with E-state index < -0.39 is 10.8 Å². The number of nitrogens with two attached hydrogens (primary N) is 1. The topological polar surface area (TPSA) is 43.1 Å². The Morgan fingerprint density at radius 2 is 2.20 bits per heavy atom. The normalized spacial score (nSPS) is 18.5. The average molecular weight is 244 g/mol. The Bertz CT molecular complexity index is 370. The fourth-order valence-electron chi connectivity index (χ4n) is 1.72. The Balaban J connectivity index is 2.16. The summed E-state index contributed by atoms with van der Waals surface area (Å²) in [5.41, 5.74) is 6.32. The molecule has 0 saturated heterocycles. The Hall–Kier alpha value is -0.540. The second kappa shape index (κ2) is 4.54. The monoisotopic (exact) mass is 243 g/mol. The van der Waals surface area contributed by atoms with Gasteiger partial charge in [-0.05, 0) is 30.9 Å². The van der Waals surface area contributed by atoms with Gasteiger partial charge in [-0.3, -0.25) is 4.21 Å². The van der Waals surface area contributed by atoms with Gasteiger partial charge in [-0.15, -0.1) is 0 Å². The van der Waals surface area contributed by atoms with E-state index in [4.69, 9.17) is 17.3 Å². The molecule has 1 unspecified atom stereocenters. The lowest BCUT2D eigenvalue weighted by Crippen LogP contribution is -2.19. The van der Waals surface area contributed by atoms with Gasteiger partial charge in [0.15, 0.2) is 0 Å². The van der Waals surface area contributed by atoms with E-state index in [0.29, 0.717) is 27.3 Å². The quantitative estimate of drug-likeness (QED) is 0.830. The van der Waals surface area contributed by atoms with Crippen molar-refractivity contribution in [1.82, 2.24) is 0 Å². The molecule has 0 amide bonds. The van der Waals surface area contributed by atoms with Crippen molar-refractivity contribution < 1.29 is 4.21 Å². The van der Waals surface area contributed by atoms with Gasteiger partial charge in [0.05, 0.1) is 20.7 Å². The molecular weight excluding hydrogens is 230 g/mol. The van der Waals surface area contributed by atoms with E-state index in [2.05, 4.69) is 0 Å². The lowest BCUT2D eigenvalue weighted by Gasteiger charge is -2.24. The number of hydrogen-bond acceptors (Lipinski definition) is 2. The molecule has 2 rings (SSSR count). The fourth-order valence-corrected chi connectivity index (χ4v) is 3.71. The van der Waals surface area contributed by atoms with E-state index in [0.717, 1.165) is 0 Å². The first-order valence-electron chi connectivity index (χ1n) is 5.11. The molecule has 0 spiro atoms. The summed E-state index contributed by atoms with van der Waals surface area (Å²) in [6, 6.07) is 5.27. The Morgan fingerprint density at radius 1 is 1.47 bits per heavy atom. The van der Waals surface area contributed by atoms with Crippen LogP contribution >= 0.6 is 11.6 Å². The molecule has 0 aromatic heterocycles. The summed E-state index contributed by atoms with van der Waals surface area (Å²) in [6.07, 6.45) is 3.64. The standard InChI is InChI=1S/C11H14ClNOS/c12-9-5-2-6-10(13)11(9)15(14)7-8-3-1-4-8/h2,5-6,8H,1,3-4,7,13H2. The summed E-state index contributed by atoms with van der Waals surface area (Å²) < 4.78 is 12.0. The largest absolute Gasteiger partial charge is 0.398 e. The summed E-state index contributed by atoms with van der Waals surface area (Å²) in [7, 11) is -1.04. The van der Waals surface area contributed by atoms with Crippen molar-refractivity contribution in [1.29, 1.82) is 0 Å². The van der Waals surface area contributed by atoms with Crippen LogP contribution < -0.4 is 5.73 Å². The van der Waals surface area contributed by atoms with E-state index >= 15 is 0 Å². The van der Waals surface area contributed by atoms with Crippen molar-refractivity contribution in [3.05, 3.63) is 23.2 Å². The Labute approximate surface area is 97.3 Å². The van der Waals surface area contributed by atoms with Gasteiger partial charge in [0.25, 0.3) is 0 Å². The van der Waals surface area contributed by atoms with Gasteiger partial charge in [0, 0.05) is 11.4 Å². The molecule has 0 aliphatic heterocycles. The molecule has 4 heteroatoms. The number of halogens is 1. The Kier molecular flexibility index (Phi) is 3.32. The maximum atomic E-state index is 12.0. The van der Waals surface area contributed by atoms with Crippen molar-refractivity contribution >= 4 is 28.1 Å². The molecular formula is C11H14ClNOS. The number of rotatable bonds is 3. The molecule has 1 saturated carbocycles. The zero-order chi connectivity index (χ0) is 10.8. The van der Waals surface area contributed by atoms with Crippen molar-refractivity contribution in [3.8, 4) is 0 Å². The van der Waals surface area contributed by atoms with E-state index in [1.807, 2.05) is 0 Å². The van der Waals surface area contributed by atoms with Crippen LogP contribution in [0.25, 0.3) is 0 Å². The molecule has 1 atom stereocenters. The van der Waals surface area contributed by atoms with Crippen molar-refractivity contribution in [2.75, 3.05) is 11.5 Å². The minimum absolute atomic E-state index is 0.521. The first-order chi connectivity index (χ1) is 7.18. The highest BCUT2D eigenvalue weighted by molar-refractivity contribution is 7.85. The highest BCUT2D eigenvalue weighted by atomic mass is 35.5. The molecule has 2 N–H and O–H groups in total. The molecule has 1 fully saturated rings. The van der Waals surface area contributed by atoms with Crippen LogP contribution in [-0.4, -0.2) is 9.96 Å². The van der Waals surface area contributed by atoms with Gasteiger partial charge in [-0.2, -0.15) is 0 Å². The predicted octanol–water partition coefficient (Wildman–Crippen LogP) is 2.83. The number of hydrogen-bond donors (Lipinski definition) is 1. The summed E-state index contributed by atoms with van der Waals surface area (Å²) in [4.78, 5) is 0.617. The van der Waals surface area contributed by atoms with E-state index in [-0.39, 0.29) is 0 Å². The maximum Gasteiger partial charge on any atom is 0.0803 e. The fraction of sp³-hybridized carbons (Fsp3) is 0.455. The lowest BCUT2D eigenvalue weighted by atomic mass is 9.87. The molecule has 15 heavy (non-hydrogen) atoms. The second-order valence-electron chi connectivity index (χ2n) is 3.97. The van der Waals surface area contributed by atoms with Crippen LogP contribution in [0.15, 0.2) is 23.1 Å². The van der Waals surface area contributed by atoms with Gasteiger partial charge in [-0.1, -0.05) is 24.1 Å². The van der Waals surface area contributed by atoms with Gasteiger partial charge in [0.1, 0.15) is 0 Å². The number of anilines is 1. The molecule has 1 aliphatic rings. The molecule has 1 aliphatic carbocycles. The van der Waals surface area contributed by atoms with Crippen LogP contribution in [0.1, 0.15) is 19.3 Å². The lowest BCUT2D eigenvalue weighted by molar-refractivity contribution is 0.350. The third-order valence-electron chi connectivity index (χ3n) is 2.84. The third kappa shape index (κ3) is 2.34. The summed E-state index contributed by atoms with van der Waals surface area (Å²) in [5.74, 6) is 1.30. The highest BCUT2D eigenvalue weighted by Crippen LogP contribution is 2.32. The van der Waals surface area contributed by atoms with Crippen molar-refractivity contribution in [2.45, 2.75) is 24.2 Å². The van der Waals surface area contributed by atoms with Gasteiger partial charge < -0.3 is 5.73 Å². The molecule has 82 valence electrons. The SMILES string of the molecule is Nc1cccc(Cl)c1S(=O)CC1CCC1. The van der Waals surface area contributed by atoms with Crippen LogP contribution in [-0.2, 0) is 10.8 Å². The molecule has 0 bridgehead atoms. The van der Waals surface area contributed by atoms with Gasteiger partial charge >= 0.3 is 0 Å². The van der Waals surface area contributed by atoms with E-state index in [9.17, 15) is 4.21 Å². The number of nitrogen functional groups attached to an aromatic ring is 1. The first-order valence-corrected chi connectivity index (χ1v) is 6.80. The molecule has 1 aromatic rings. The predicted molar refractivity (Wildman–Crippen MR) is 64.5 cm³/mol. The minimum atomic E-state index is -1.04. The maximum absolute atomic E-state index is 12.0. The van der Waals surface area contributed by atoms with Crippen LogP contribution in [0, 0.1) is 5.92 Å². The summed E-state index contributed by atoms with van der Waals surface area (Å²) in [6.45, 7) is 0. The first kappa shape index (κ1) is 11.0. The van der Waals surface area contributed by atoms with E-state index in [1.165, 1.54) is 19.3 Å². The Morgan fingerprint density at radius 3 is 2.73 bits per heavy atom. The van der Waals surface area contributed by atoms with Crippen LogP contribution in [0.5, 0.6) is 0 Å². The van der Waals surface area contributed by atoms with Crippen molar-refractivity contribution in [2.24, 2.45) is 5.92 Å². The summed E-state index contributed by atoms with van der Waals surface area (Å²) >= 11 is 6.00. The summed E-state index contributed by atoms with van der Waals surface area (Å²) in [5, 5.41) is 0.521. The molecule has 0 heterocycles. The molecule has 0 radical (unpaired) electrons. The van der Waals surface area contributed by atoms with Crippen LogP contribution in [0.4, 0.5) is 5.69 Å². The zero-order valence-electron chi connectivity index (χ0n) is 8.41. The zero-order valence-corrected chi connectivity index (χ0v) is 9.98. The third-order valence-corrected chi connectivity index (χ3v) is 4.95. The molecule has 1 aromatic carbocycles. The average Bonchev–Trinajstić information content (AvgIpc) is 2.11. The van der Waals surface area contributed by atoms with Gasteiger partial charge in [-0.25, -0.2) is 0 Å². The van der Waals surface area contributed by atoms with Crippen molar-refractivity contribution in [3.63, 3.8) is 0 Å². The van der Waals surface area contributed by atoms with Gasteiger partial charge in [0.2, 0.25) is 0 Å². The van der Waals surface area contributed by atoms with Crippen LogP contribution in [0.3, 0.4) is 0 Å². The number of benzene rings is 1. The highest BCUT2D eigenvalue weighted by Gasteiger charge is 2.22. The minimum Gasteiger partial charge on any atom is -0.398 e. The van der Waals surface area contributed by atoms with Crippen LogP contribution in [0.2, 0.25) is 5.02 Å².